The minimum atomic E-state index is -1.16. The Kier molecular flexibility index (Phi) is 5.72. The van der Waals surface area contributed by atoms with Crippen molar-refractivity contribution in [2.75, 3.05) is 12.4 Å². The van der Waals surface area contributed by atoms with Gasteiger partial charge in [0.2, 0.25) is 0 Å². The number of pyridine rings is 2. The smallest absolute Gasteiger partial charge is 0.258 e. The van der Waals surface area contributed by atoms with Gasteiger partial charge in [-0.15, -0.1) is 0 Å². The van der Waals surface area contributed by atoms with Crippen LogP contribution >= 0.6 is 0 Å². The van der Waals surface area contributed by atoms with Crippen molar-refractivity contribution in [2.45, 2.75) is 6.17 Å². The zero-order valence-electron chi connectivity index (χ0n) is 14.9. The molecular formula is C18H18FN7O2. The predicted molar refractivity (Wildman–Crippen MR) is 103 cm³/mol. The van der Waals surface area contributed by atoms with Crippen LogP contribution in [0.4, 0.5) is 10.1 Å². The van der Waals surface area contributed by atoms with Crippen LogP contribution in [-0.2, 0) is 4.79 Å². The molecule has 0 unspecified atom stereocenters. The van der Waals surface area contributed by atoms with Gasteiger partial charge >= 0.3 is 0 Å². The van der Waals surface area contributed by atoms with E-state index in [0.29, 0.717) is 22.6 Å². The number of methoxy groups -OCH3 is 1. The molecule has 0 aliphatic carbocycles. The highest BCUT2D eigenvalue weighted by molar-refractivity contribution is 6.07. The largest absolute Gasteiger partial charge is 0.494 e. The van der Waals surface area contributed by atoms with Crippen molar-refractivity contribution < 1.29 is 13.9 Å². The number of hydrogen-bond donors (Lipinski definition) is 4. The van der Waals surface area contributed by atoms with E-state index in [1.165, 1.54) is 19.5 Å². The molecule has 3 rings (SSSR count). The molecule has 0 radical (unpaired) electrons. The number of carbonyl (C=O) groups excluding carboxylic acids is 1. The number of carbonyl (C=O) groups is 1. The van der Waals surface area contributed by atoms with E-state index in [1.807, 2.05) is 6.07 Å². The fourth-order valence-electron chi connectivity index (χ4n) is 2.59. The monoisotopic (exact) mass is 383 g/mol. The maximum absolute atomic E-state index is 13.1. The van der Waals surface area contributed by atoms with Gasteiger partial charge in [-0.05, 0) is 6.07 Å². The molecule has 0 fully saturated rings. The second-order valence-corrected chi connectivity index (χ2v) is 5.68. The van der Waals surface area contributed by atoms with E-state index in [0.717, 1.165) is 12.4 Å². The molecule has 2 aromatic rings. The molecule has 1 aliphatic rings. The van der Waals surface area contributed by atoms with Crippen LogP contribution in [0.1, 0.15) is 0 Å². The highest BCUT2D eigenvalue weighted by atomic mass is 19.1. The molecule has 9 nitrogen and oxygen atoms in total. The Morgan fingerprint density at radius 1 is 1.29 bits per heavy atom. The van der Waals surface area contributed by atoms with Crippen molar-refractivity contribution in [3.8, 4) is 16.9 Å². The van der Waals surface area contributed by atoms with Crippen LogP contribution in [0.3, 0.4) is 0 Å². The van der Waals surface area contributed by atoms with Gasteiger partial charge in [-0.2, -0.15) is 0 Å². The fraction of sp³-hybridized carbons (Fsp3) is 0.111. The minimum Gasteiger partial charge on any atom is -0.494 e. The van der Waals surface area contributed by atoms with E-state index < -0.39 is 17.9 Å². The normalized spacial score (nSPS) is 15.0. The van der Waals surface area contributed by atoms with Gasteiger partial charge in [-0.25, -0.2) is 9.38 Å². The quantitative estimate of drug-likeness (QED) is 0.446. The van der Waals surface area contributed by atoms with Gasteiger partial charge < -0.3 is 26.8 Å². The standard InChI is InChI=1S/C18H18FN7O2/c1-28-13-9-23-8-12(14(13)10-3-2-4-22-5-10)26-18(27)15(16(20)21)17-24-6-11(19)7-25-17/h2-9,16,24H,20-21H2,1H3,(H,26,27)/b17-15-. The third-order valence-electron chi connectivity index (χ3n) is 3.83. The third kappa shape index (κ3) is 4.03. The number of halogens is 1. The molecule has 0 spiro atoms. The number of allylic oxidation sites excluding steroid dienone is 1. The number of aromatic nitrogens is 2. The summed E-state index contributed by atoms with van der Waals surface area (Å²) in [5, 5.41) is 5.28. The van der Waals surface area contributed by atoms with Gasteiger partial charge in [0.15, 0.2) is 5.83 Å². The van der Waals surface area contributed by atoms with Crippen LogP contribution in [-0.4, -0.2) is 35.4 Å². The van der Waals surface area contributed by atoms with Gasteiger partial charge in [0.05, 0.1) is 48.7 Å². The highest BCUT2D eigenvalue weighted by Gasteiger charge is 2.23. The third-order valence-corrected chi connectivity index (χ3v) is 3.83. The lowest BCUT2D eigenvalue weighted by molar-refractivity contribution is -0.113. The average Bonchev–Trinajstić information content (AvgIpc) is 2.70. The van der Waals surface area contributed by atoms with E-state index in [2.05, 4.69) is 25.6 Å². The molecule has 10 heteroatoms. The summed E-state index contributed by atoms with van der Waals surface area (Å²) >= 11 is 0. The van der Waals surface area contributed by atoms with Crippen LogP contribution in [0.5, 0.6) is 5.75 Å². The Balaban J connectivity index is 2.00. The summed E-state index contributed by atoms with van der Waals surface area (Å²) in [4.78, 5) is 24.9. The van der Waals surface area contributed by atoms with Crippen molar-refractivity contribution in [2.24, 2.45) is 16.5 Å². The maximum atomic E-state index is 13.1. The molecule has 0 saturated heterocycles. The van der Waals surface area contributed by atoms with E-state index in [9.17, 15) is 9.18 Å². The van der Waals surface area contributed by atoms with E-state index in [-0.39, 0.29) is 11.4 Å². The number of nitrogens with one attached hydrogen (secondary N) is 2. The second-order valence-electron chi connectivity index (χ2n) is 5.68. The fourth-order valence-corrected chi connectivity index (χ4v) is 2.59. The summed E-state index contributed by atoms with van der Waals surface area (Å²) in [6, 6.07) is 3.57. The Labute approximate surface area is 160 Å². The molecule has 3 heterocycles. The van der Waals surface area contributed by atoms with Crippen molar-refractivity contribution in [3.05, 3.63) is 60.3 Å². The first kappa shape index (κ1) is 19.1. The summed E-state index contributed by atoms with van der Waals surface area (Å²) < 4.78 is 18.5. The van der Waals surface area contributed by atoms with Crippen LogP contribution in [0.2, 0.25) is 0 Å². The summed E-state index contributed by atoms with van der Waals surface area (Å²) in [5.74, 6) is -0.723. The molecule has 2 aromatic heterocycles. The van der Waals surface area contributed by atoms with Crippen molar-refractivity contribution >= 4 is 17.8 Å². The zero-order valence-corrected chi connectivity index (χ0v) is 14.9. The van der Waals surface area contributed by atoms with Crippen LogP contribution in [0.15, 0.2) is 65.3 Å². The van der Waals surface area contributed by atoms with Crippen molar-refractivity contribution in [3.63, 3.8) is 0 Å². The summed E-state index contributed by atoms with van der Waals surface area (Å²) in [7, 11) is 1.49. The van der Waals surface area contributed by atoms with Crippen molar-refractivity contribution in [1.82, 2.24) is 15.3 Å². The molecule has 1 amide bonds. The molecule has 0 aromatic carbocycles. The van der Waals surface area contributed by atoms with Crippen LogP contribution < -0.4 is 26.8 Å². The number of aliphatic imine (C=N–C) groups is 1. The van der Waals surface area contributed by atoms with E-state index in [1.54, 1.807) is 18.5 Å². The number of rotatable bonds is 5. The number of nitrogens with zero attached hydrogens (tertiary/aromatic N) is 3. The Morgan fingerprint density at radius 2 is 2.11 bits per heavy atom. The SMILES string of the molecule is COc1cncc(NC(=O)/C(=C2\N=CC(F)=CN2)C(N)N)c1-c1cccnc1. The summed E-state index contributed by atoms with van der Waals surface area (Å²) in [6.07, 6.45) is 7.08. The number of nitrogens with two attached hydrogens (primary N) is 2. The Hall–Kier alpha value is -3.63. The topological polar surface area (TPSA) is 141 Å². The highest BCUT2D eigenvalue weighted by Crippen LogP contribution is 2.35. The van der Waals surface area contributed by atoms with Gasteiger partial charge in [-0.3, -0.25) is 14.8 Å². The molecule has 144 valence electrons. The van der Waals surface area contributed by atoms with Gasteiger partial charge in [0, 0.05) is 24.2 Å². The molecule has 0 saturated carbocycles. The van der Waals surface area contributed by atoms with Gasteiger partial charge in [-0.1, -0.05) is 6.07 Å². The number of anilines is 1. The molecule has 28 heavy (non-hydrogen) atoms. The van der Waals surface area contributed by atoms with Gasteiger partial charge in [0.1, 0.15) is 11.6 Å². The number of amides is 1. The number of ether oxygens (including phenoxy) is 1. The maximum Gasteiger partial charge on any atom is 0.258 e. The first-order chi connectivity index (χ1) is 13.5. The van der Waals surface area contributed by atoms with Gasteiger partial charge in [0.25, 0.3) is 5.91 Å². The lowest BCUT2D eigenvalue weighted by Crippen LogP contribution is -2.40. The number of hydrogen-bond acceptors (Lipinski definition) is 8. The van der Waals surface area contributed by atoms with Crippen LogP contribution in [0, 0.1) is 0 Å². The molecular weight excluding hydrogens is 365 g/mol. The lowest BCUT2D eigenvalue weighted by atomic mass is 10.1. The molecule has 1 aliphatic heterocycles. The predicted octanol–water partition coefficient (Wildman–Crippen LogP) is 1.03. The van der Waals surface area contributed by atoms with E-state index >= 15 is 0 Å². The summed E-state index contributed by atoms with van der Waals surface area (Å²) in [5.41, 5.74) is 13.1. The van der Waals surface area contributed by atoms with Crippen LogP contribution in [0.25, 0.3) is 11.1 Å². The first-order valence-electron chi connectivity index (χ1n) is 8.16. The summed E-state index contributed by atoms with van der Waals surface area (Å²) in [6.45, 7) is 0. The second kappa shape index (κ2) is 8.37. The first-order valence-corrected chi connectivity index (χ1v) is 8.16. The molecule has 0 bridgehead atoms. The Morgan fingerprint density at radius 3 is 2.71 bits per heavy atom. The van der Waals surface area contributed by atoms with E-state index in [4.69, 9.17) is 16.2 Å². The van der Waals surface area contributed by atoms with Crippen molar-refractivity contribution in [1.29, 1.82) is 0 Å². The zero-order chi connectivity index (χ0) is 20.1. The molecule has 6 N–H and O–H groups in total. The lowest BCUT2D eigenvalue weighted by Gasteiger charge is -2.18. The molecule has 0 atom stereocenters. The Bertz CT molecular complexity index is 971. The minimum absolute atomic E-state index is 0.0488. The average molecular weight is 383 g/mol.